The highest BCUT2D eigenvalue weighted by atomic mass is 35.5. The van der Waals surface area contributed by atoms with Crippen molar-refractivity contribution < 1.29 is 31.8 Å². The van der Waals surface area contributed by atoms with Gasteiger partial charge in [0, 0.05) is 125 Å². The minimum absolute atomic E-state index is 0. The van der Waals surface area contributed by atoms with E-state index in [4.69, 9.17) is 37.4 Å². The summed E-state index contributed by atoms with van der Waals surface area (Å²) in [6.45, 7) is 18.7. The summed E-state index contributed by atoms with van der Waals surface area (Å²) in [6, 6.07) is 35.3. The van der Waals surface area contributed by atoms with Gasteiger partial charge in [0.2, 0.25) is 0 Å². The highest BCUT2D eigenvalue weighted by molar-refractivity contribution is 6.30. The highest BCUT2D eigenvalue weighted by Crippen LogP contribution is 2.45. The lowest BCUT2D eigenvalue weighted by atomic mass is 9.72. The normalized spacial score (nSPS) is 17.6. The van der Waals surface area contributed by atoms with Crippen LogP contribution in [0.5, 0.6) is 23.0 Å². The molecule has 2 aliphatic heterocycles. The van der Waals surface area contributed by atoms with Crippen LogP contribution >= 0.6 is 23.2 Å². The predicted octanol–water partition coefficient (Wildman–Crippen LogP) is 15.6. The van der Waals surface area contributed by atoms with E-state index in [0.717, 1.165) is 135 Å². The number of pyridine rings is 2. The summed E-state index contributed by atoms with van der Waals surface area (Å²) < 4.78 is 17.3. The lowest BCUT2D eigenvalue weighted by Crippen LogP contribution is -2.47. The van der Waals surface area contributed by atoms with E-state index < -0.39 is 11.9 Å². The number of fused-ring (bicyclic) bond motifs is 2. The fraction of sp³-hybridized carbons (Fsp3) is 0.343. The summed E-state index contributed by atoms with van der Waals surface area (Å²) >= 11 is 12.4. The first-order valence-electron chi connectivity index (χ1n) is 28.7. The second kappa shape index (κ2) is 24.7. The molecule has 2 aliphatic carbocycles. The molecule has 0 radical (unpaired) electrons. The first kappa shape index (κ1) is 57.2. The number of carbonyl (C=O) groups is 2. The average molecular weight is 1160 g/mol. The number of esters is 1. The molecule has 6 heterocycles. The van der Waals surface area contributed by atoms with Gasteiger partial charge in [-0.3, -0.25) is 9.80 Å². The third kappa shape index (κ3) is 13.7. The number of hydrogen-bond acceptors (Lipinski definition) is 11. The SMILES string of the molecule is CC1(C)CCC(CN2CCN(c3ccc(C(=O)O)c(Oc4cnc5[nH]ccc5c4)c3)CC2)=C(c2ccc(Cl)cc2)C1.COC(=O)c1ccc(N2CCN(CC3=C(c4ccc(Cl)cc4)CC(C)(C)CC3)CC2)cc1Oc1cnc2[nH]ccc2c1.[HH].[HH]. The molecule has 2 saturated heterocycles. The smallest absolute Gasteiger partial charge is 0.341 e. The fourth-order valence-corrected chi connectivity index (χ4v) is 12.3. The number of carbonyl (C=O) groups excluding carboxylic acids is 1. The number of aromatic nitrogens is 4. The molecule has 0 spiro atoms. The quantitative estimate of drug-likeness (QED) is 0.0889. The molecule has 16 heteroatoms. The summed E-state index contributed by atoms with van der Waals surface area (Å²) in [4.78, 5) is 49.2. The summed E-state index contributed by atoms with van der Waals surface area (Å²) in [5, 5.41) is 13.2. The number of halogens is 2. The van der Waals surface area contributed by atoms with E-state index in [1.807, 2.05) is 85.2 Å². The molecule has 4 aromatic heterocycles. The van der Waals surface area contributed by atoms with Gasteiger partial charge in [-0.25, -0.2) is 19.6 Å². The minimum atomic E-state index is -1.02. The number of nitrogens with zero attached hydrogens (tertiary/aromatic N) is 6. The van der Waals surface area contributed by atoms with Crippen molar-refractivity contribution in [3.05, 3.63) is 177 Å². The van der Waals surface area contributed by atoms with Gasteiger partial charge >= 0.3 is 11.9 Å². The van der Waals surface area contributed by atoms with Crippen LogP contribution < -0.4 is 19.3 Å². The van der Waals surface area contributed by atoms with E-state index in [2.05, 4.69) is 91.5 Å². The summed E-state index contributed by atoms with van der Waals surface area (Å²) in [5.74, 6) is 0.388. The number of rotatable bonds is 14. The van der Waals surface area contributed by atoms with Crippen LogP contribution in [0.15, 0.2) is 145 Å². The maximum absolute atomic E-state index is 12.5. The summed E-state index contributed by atoms with van der Waals surface area (Å²) in [6.07, 6.45) is 13.7. The lowest BCUT2D eigenvalue weighted by molar-refractivity contribution is 0.0597. The fourth-order valence-electron chi connectivity index (χ4n) is 12.0. The number of aromatic carboxylic acids is 1. The molecule has 3 N–H and O–H groups in total. The Hall–Kier alpha value is -7.62. The van der Waals surface area contributed by atoms with Crippen LogP contribution in [0.4, 0.5) is 11.4 Å². The topological polar surface area (TPSA) is 152 Å². The van der Waals surface area contributed by atoms with Crippen molar-refractivity contribution in [3.8, 4) is 23.0 Å². The molecule has 0 amide bonds. The maximum Gasteiger partial charge on any atom is 0.341 e. The standard InChI is InChI=1S/C34H37ClN4O3.C33H35ClN4O3.2H2/c1-34(2)12-10-25(30(20-34)23-4-6-26(35)7-5-23)22-38-14-16-39(17-15-38)27-8-9-29(33(40)41-3)31(19-27)42-28-18-24-11-13-36-32(24)37-21-28;1-33(2)11-9-24(29(19-33)22-3-5-25(34)6-4-22)21-37-13-15-38(16-14-37)26-7-8-28(32(39)40)30(18-26)41-27-17-23-10-12-35-31(23)36-20-27;;/h4-9,11,13,18-19,21H,10,12,14-17,20,22H2,1-3H3,(H,36,37);3-8,10,12,17-18,20H,9,11,13-16,19,21H2,1-2H3,(H,35,36)(H,39,40);2*1H. The molecule has 14 nitrogen and oxygen atoms in total. The van der Waals surface area contributed by atoms with E-state index >= 15 is 0 Å². The van der Waals surface area contributed by atoms with Crippen LogP contribution in [-0.2, 0) is 4.74 Å². The van der Waals surface area contributed by atoms with Crippen molar-refractivity contribution in [2.45, 2.75) is 66.2 Å². The zero-order valence-corrected chi connectivity index (χ0v) is 49.5. The molecule has 2 fully saturated rings. The first-order valence-corrected chi connectivity index (χ1v) is 29.5. The van der Waals surface area contributed by atoms with Gasteiger partial charge in [-0.15, -0.1) is 0 Å². The predicted molar refractivity (Wildman–Crippen MR) is 337 cm³/mol. The summed E-state index contributed by atoms with van der Waals surface area (Å²) in [7, 11) is 1.38. The molecule has 83 heavy (non-hydrogen) atoms. The van der Waals surface area contributed by atoms with Crippen molar-refractivity contribution >= 4 is 79.7 Å². The van der Waals surface area contributed by atoms with Crippen molar-refractivity contribution in [2.24, 2.45) is 10.8 Å². The van der Waals surface area contributed by atoms with Gasteiger partial charge < -0.3 is 39.1 Å². The van der Waals surface area contributed by atoms with Crippen molar-refractivity contribution in [3.63, 3.8) is 0 Å². The molecule has 0 unspecified atom stereocenters. The van der Waals surface area contributed by atoms with E-state index in [0.29, 0.717) is 39.4 Å². The van der Waals surface area contributed by atoms with Gasteiger partial charge in [0.25, 0.3) is 0 Å². The number of allylic oxidation sites excluding steroid dienone is 2. The molecular formula is C67H76Cl2N8O6. The number of carboxylic acids is 1. The molecule has 12 rings (SSSR count). The van der Waals surface area contributed by atoms with E-state index in [1.54, 1.807) is 30.1 Å². The molecule has 0 saturated carbocycles. The first-order chi connectivity index (χ1) is 40.0. The number of carboxylic acid groups (broad SMARTS) is 1. The molecule has 8 aromatic rings. The molecular weight excluding hydrogens is 1080 g/mol. The Morgan fingerprint density at radius 1 is 0.578 bits per heavy atom. The average Bonchev–Trinajstić information content (AvgIpc) is 4.22. The number of anilines is 2. The molecule has 4 aromatic carbocycles. The molecule has 0 bridgehead atoms. The zero-order valence-electron chi connectivity index (χ0n) is 47.9. The van der Waals surface area contributed by atoms with Crippen LogP contribution in [0.3, 0.4) is 0 Å². The van der Waals surface area contributed by atoms with Gasteiger partial charge in [0.15, 0.2) is 0 Å². The van der Waals surface area contributed by atoms with Crippen LogP contribution in [-0.4, -0.2) is 119 Å². The second-order valence-electron chi connectivity index (χ2n) is 23.9. The second-order valence-corrected chi connectivity index (χ2v) is 24.8. The highest BCUT2D eigenvalue weighted by Gasteiger charge is 2.32. The number of hydrogen-bond donors (Lipinski definition) is 3. The van der Waals surface area contributed by atoms with Crippen molar-refractivity contribution in [1.29, 1.82) is 0 Å². The minimum Gasteiger partial charge on any atom is -0.478 e. The zero-order chi connectivity index (χ0) is 57.8. The Kier molecular flexibility index (Phi) is 17.0. The van der Waals surface area contributed by atoms with Crippen LogP contribution in [0.1, 0.15) is 101 Å². The van der Waals surface area contributed by atoms with E-state index in [1.165, 1.54) is 47.8 Å². The third-order valence-corrected chi connectivity index (χ3v) is 17.3. The third-order valence-electron chi connectivity index (χ3n) is 16.8. The number of aromatic amines is 2. The Morgan fingerprint density at radius 2 is 1.00 bits per heavy atom. The Morgan fingerprint density at radius 3 is 1.42 bits per heavy atom. The number of ether oxygens (including phenoxy) is 3. The largest absolute Gasteiger partial charge is 0.478 e. The Bertz CT molecular complexity index is 3720. The van der Waals surface area contributed by atoms with Crippen molar-refractivity contribution in [1.82, 2.24) is 29.7 Å². The van der Waals surface area contributed by atoms with Crippen LogP contribution in [0.2, 0.25) is 10.0 Å². The van der Waals surface area contributed by atoms with E-state index in [-0.39, 0.29) is 8.42 Å². The summed E-state index contributed by atoms with van der Waals surface area (Å²) in [5.41, 5.74) is 13.3. The number of benzene rings is 4. The Labute approximate surface area is 498 Å². The van der Waals surface area contributed by atoms with Crippen molar-refractivity contribution in [2.75, 3.05) is 82.4 Å². The number of piperazine rings is 2. The maximum atomic E-state index is 12.5. The number of H-pyrrole nitrogens is 2. The van der Waals surface area contributed by atoms with Gasteiger partial charge in [0.05, 0.1) is 19.5 Å². The number of methoxy groups -OCH3 is 1. The van der Waals surface area contributed by atoms with E-state index in [9.17, 15) is 14.7 Å². The molecule has 434 valence electrons. The molecule has 4 aliphatic rings. The van der Waals surface area contributed by atoms with Gasteiger partial charge in [-0.1, -0.05) is 86.3 Å². The van der Waals surface area contributed by atoms with Crippen LogP contribution in [0, 0.1) is 10.8 Å². The van der Waals surface area contributed by atoms with Gasteiger partial charge in [-0.2, -0.15) is 0 Å². The number of nitrogens with one attached hydrogen (secondary N) is 2. The monoisotopic (exact) mass is 1160 g/mol. The Balaban J connectivity index is 0.000000199. The van der Waals surface area contributed by atoms with Gasteiger partial charge in [0.1, 0.15) is 45.4 Å². The lowest BCUT2D eigenvalue weighted by Gasteiger charge is -2.39. The van der Waals surface area contributed by atoms with Gasteiger partial charge in [-0.05, 0) is 144 Å². The molecule has 0 atom stereocenters. The van der Waals surface area contributed by atoms with Crippen LogP contribution in [0.25, 0.3) is 33.2 Å².